The molecule has 0 bridgehead atoms. The van der Waals surface area contributed by atoms with Gasteiger partial charge in [-0.1, -0.05) is 13.8 Å². The second-order valence-electron chi connectivity index (χ2n) is 3.78. The molecule has 0 N–H and O–H groups in total. The van der Waals surface area contributed by atoms with Crippen molar-refractivity contribution < 1.29 is 0 Å². The van der Waals surface area contributed by atoms with E-state index in [0.717, 1.165) is 5.41 Å². The Morgan fingerprint density at radius 2 is 1.58 bits per heavy atom. The van der Waals surface area contributed by atoms with Gasteiger partial charge in [-0.05, 0) is 36.8 Å². The normalized spacial score (nSPS) is 27.2. The molecule has 0 aromatic heterocycles. The Morgan fingerprint density at radius 3 is 2.00 bits per heavy atom. The third kappa shape index (κ3) is 2.17. The Kier molecular flexibility index (Phi) is 3.91. The summed E-state index contributed by atoms with van der Waals surface area (Å²) in [4.78, 5) is 2.44. The van der Waals surface area contributed by atoms with Crippen LogP contribution >= 0.6 is 11.8 Å². The minimum atomic E-state index is 0.778. The maximum atomic E-state index is 2.44. The molecule has 0 aliphatic carbocycles. The van der Waals surface area contributed by atoms with Crippen LogP contribution in [0.1, 0.15) is 26.7 Å². The highest BCUT2D eigenvalue weighted by atomic mass is 32.2. The zero-order chi connectivity index (χ0) is 9.03. The Labute approximate surface area is 80.9 Å². The van der Waals surface area contributed by atoms with E-state index in [0.29, 0.717) is 0 Å². The van der Waals surface area contributed by atoms with E-state index in [4.69, 9.17) is 0 Å². The third-order valence-electron chi connectivity index (χ3n) is 2.76. The van der Waals surface area contributed by atoms with Crippen LogP contribution < -0.4 is 0 Å². The molecule has 1 spiro atoms. The molecule has 2 saturated heterocycles. The third-order valence-corrected chi connectivity index (χ3v) is 3.75. The van der Waals surface area contributed by atoms with Crippen molar-refractivity contribution in [1.29, 1.82) is 0 Å². The number of hydrogen-bond acceptors (Lipinski definition) is 2. The van der Waals surface area contributed by atoms with E-state index in [1.54, 1.807) is 0 Å². The van der Waals surface area contributed by atoms with Gasteiger partial charge in [-0.3, -0.25) is 0 Å². The van der Waals surface area contributed by atoms with Crippen molar-refractivity contribution in [3.8, 4) is 0 Å². The summed E-state index contributed by atoms with van der Waals surface area (Å²) in [6.45, 7) is 6.74. The van der Waals surface area contributed by atoms with E-state index in [2.05, 4.69) is 23.7 Å². The van der Waals surface area contributed by atoms with Crippen LogP contribution in [-0.2, 0) is 0 Å². The van der Waals surface area contributed by atoms with Gasteiger partial charge >= 0.3 is 0 Å². The quantitative estimate of drug-likeness (QED) is 0.573. The van der Waals surface area contributed by atoms with Gasteiger partial charge in [-0.25, -0.2) is 0 Å². The second kappa shape index (κ2) is 4.52. The number of thioether (sulfide) groups is 1. The maximum Gasteiger partial charge on any atom is 0.00480 e. The molecule has 2 aliphatic heterocycles. The Bertz CT molecular complexity index is 114. The molecule has 0 unspecified atom stereocenters. The lowest BCUT2D eigenvalue weighted by atomic mass is 9.75. The molecule has 0 saturated carbocycles. The van der Waals surface area contributed by atoms with Crippen molar-refractivity contribution in [3.05, 3.63) is 0 Å². The summed E-state index contributed by atoms with van der Waals surface area (Å²) in [6, 6.07) is 0. The first-order chi connectivity index (χ1) is 5.81. The van der Waals surface area contributed by atoms with Crippen LogP contribution in [0.25, 0.3) is 0 Å². The summed E-state index contributed by atoms with van der Waals surface area (Å²) in [5.41, 5.74) is 0.778. The largest absolute Gasteiger partial charge is 0.305 e. The molecule has 0 aromatic rings. The summed E-state index contributed by atoms with van der Waals surface area (Å²) in [6.07, 6.45) is 2.95. The standard InChI is InChI=1S/C8H15NS.C2H6/c1-9-6-8(7-9)2-4-10-5-3-8;1-2/h2-7H2,1H3;1-2H3. The van der Waals surface area contributed by atoms with Gasteiger partial charge in [0.25, 0.3) is 0 Å². The number of nitrogens with zero attached hydrogens (tertiary/aromatic N) is 1. The molecule has 1 nitrogen and oxygen atoms in total. The molecular weight excluding hydrogens is 166 g/mol. The first-order valence-electron chi connectivity index (χ1n) is 5.07. The van der Waals surface area contributed by atoms with Crippen LogP contribution in [0.5, 0.6) is 0 Å². The van der Waals surface area contributed by atoms with Crippen LogP contribution in [-0.4, -0.2) is 36.5 Å². The van der Waals surface area contributed by atoms with Crippen LogP contribution in [0.15, 0.2) is 0 Å². The molecule has 2 heteroatoms. The molecule has 72 valence electrons. The van der Waals surface area contributed by atoms with Gasteiger partial charge in [-0.2, -0.15) is 11.8 Å². The van der Waals surface area contributed by atoms with Crippen LogP contribution in [0.4, 0.5) is 0 Å². The first kappa shape index (κ1) is 10.4. The predicted octanol–water partition coefficient (Wildman–Crippen LogP) is 2.47. The smallest absolute Gasteiger partial charge is 0.00480 e. The Hall–Kier alpha value is 0.310. The maximum absolute atomic E-state index is 2.44. The lowest BCUT2D eigenvalue weighted by molar-refractivity contribution is 0.0151. The van der Waals surface area contributed by atoms with E-state index >= 15 is 0 Å². The topological polar surface area (TPSA) is 3.24 Å². The molecule has 0 radical (unpaired) electrons. The van der Waals surface area contributed by atoms with Crippen molar-refractivity contribution >= 4 is 11.8 Å². The fourth-order valence-corrected chi connectivity index (χ4v) is 3.58. The minimum Gasteiger partial charge on any atom is -0.305 e. The summed E-state index contributed by atoms with van der Waals surface area (Å²) >= 11 is 2.13. The van der Waals surface area contributed by atoms with Crippen molar-refractivity contribution in [2.24, 2.45) is 5.41 Å². The molecule has 2 rings (SSSR count). The van der Waals surface area contributed by atoms with Crippen LogP contribution in [0.2, 0.25) is 0 Å². The van der Waals surface area contributed by atoms with Gasteiger partial charge in [0.05, 0.1) is 0 Å². The van der Waals surface area contributed by atoms with Crippen molar-refractivity contribution in [3.63, 3.8) is 0 Å². The van der Waals surface area contributed by atoms with Gasteiger partial charge in [-0.15, -0.1) is 0 Å². The van der Waals surface area contributed by atoms with Gasteiger partial charge < -0.3 is 4.90 Å². The van der Waals surface area contributed by atoms with E-state index < -0.39 is 0 Å². The fraction of sp³-hybridized carbons (Fsp3) is 1.00. The fourth-order valence-electron chi connectivity index (χ4n) is 2.22. The molecule has 0 aromatic carbocycles. The second-order valence-corrected chi connectivity index (χ2v) is 5.01. The summed E-state index contributed by atoms with van der Waals surface area (Å²) in [5.74, 6) is 2.82. The van der Waals surface area contributed by atoms with Crippen molar-refractivity contribution in [2.75, 3.05) is 31.6 Å². The van der Waals surface area contributed by atoms with Crippen LogP contribution in [0, 0.1) is 5.41 Å². The number of likely N-dealkylation sites (tertiary alicyclic amines) is 1. The van der Waals surface area contributed by atoms with Crippen LogP contribution in [0.3, 0.4) is 0 Å². The van der Waals surface area contributed by atoms with Gasteiger partial charge in [0.15, 0.2) is 0 Å². The average molecular weight is 187 g/mol. The molecule has 0 amide bonds. The molecule has 0 atom stereocenters. The average Bonchev–Trinajstić information content (AvgIpc) is 2.08. The van der Waals surface area contributed by atoms with Gasteiger partial charge in [0, 0.05) is 13.1 Å². The lowest BCUT2D eigenvalue weighted by Crippen LogP contribution is -2.55. The van der Waals surface area contributed by atoms with Crippen molar-refractivity contribution in [2.45, 2.75) is 26.7 Å². The molecule has 2 heterocycles. The van der Waals surface area contributed by atoms with E-state index in [1.807, 2.05) is 13.8 Å². The Morgan fingerprint density at radius 1 is 1.08 bits per heavy atom. The zero-order valence-electron chi connectivity index (χ0n) is 8.60. The lowest BCUT2D eigenvalue weighted by Gasteiger charge is -2.50. The summed E-state index contributed by atoms with van der Waals surface area (Å²) in [5, 5.41) is 0. The monoisotopic (exact) mass is 187 g/mol. The highest BCUT2D eigenvalue weighted by Gasteiger charge is 2.41. The molecule has 12 heavy (non-hydrogen) atoms. The predicted molar refractivity (Wildman–Crippen MR) is 57.8 cm³/mol. The minimum absolute atomic E-state index is 0.778. The molecular formula is C10H21NS. The SMILES string of the molecule is CC.CN1CC2(CCSCC2)C1. The summed E-state index contributed by atoms with van der Waals surface area (Å²) in [7, 11) is 2.23. The van der Waals surface area contributed by atoms with E-state index in [9.17, 15) is 0 Å². The van der Waals surface area contributed by atoms with E-state index in [-0.39, 0.29) is 0 Å². The van der Waals surface area contributed by atoms with E-state index in [1.165, 1.54) is 37.4 Å². The zero-order valence-corrected chi connectivity index (χ0v) is 9.41. The summed E-state index contributed by atoms with van der Waals surface area (Å²) < 4.78 is 0. The van der Waals surface area contributed by atoms with Gasteiger partial charge in [0.2, 0.25) is 0 Å². The Balaban J connectivity index is 0.000000336. The highest BCUT2D eigenvalue weighted by molar-refractivity contribution is 7.99. The first-order valence-corrected chi connectivity index (χ1v) is 6.23. The number of rotatable bonds is 0. The molecule has 2 fully saturated rings. The van der Waals surface area contributed by atoms with Gasteiger partial charge in [0.1, 0.15) is 0 Å². The van der Waals surface area contributed by atoms with Crippen molar-refractivity contribution in [1.82, 2.24) is 4.90 Å². The number of hydrogen-bond donors (Lipinski definition) is 0. The molecule has 2 aliphatic rings. The highest BCUT2D eigenvalue weighted by Crippen LogP contribution is 2.41.